The SMILES string of the molecule is C#CCNC(=NCCCOCCCC)NCC.I. The highest BCUT2D eigenvalue weighted by Gasteiger charge is 1.94. The number of hydrogen-bond acceptors (Lipinski definition) is 2. The van der Waals surface area contributed by atoms with Gasteiger partial charge in [0.2, 0.25) is 0 Å². The molecule has 5 heteroatoms. The first-order chi connectivity index (χ1) is 8.35. The van der Waals surface area contributed by atoms with Gasteiger partial charge in [-0.3, -0.25) is 4.99 Å². The van der Waals surface area contributed by atoms with Crippen LogP contribution in [0.15, 0.2) is 4.99 Å². The van der Waals surface area contributed by atoms with Crippen LogP contribution in [0.3, 0.4) is 0 Å². The second-order valence-electron chi connectivity index (χ2n) is 3.64. The molecular weight excluding hydrogens is 341 g/mol. The minimum Gasteiger partial charge on any atom is -0.381 e. The van der Waals surface area contributed by atoms with Gasteiger partial charge in [-0.25, -0.2) is 0 Å². The smallest absolute Gasteiger partial charge is 0.192 e. The van der Waals surface area contributed by atoms with Crippen molar-refractivity contribution in [1.29, 1.82) is 0 Å². The fourth-order valence-corrected chi connectivity index (χ4v) is 1.18. The molecule has 0 saturated carbocycles. The molecule has 0 heterocycles. The number of unbranched alkanes of at least 4 members (excludes halogenated alkanes) is 1. The third-order valence-corrected chi connectivity index (χ3v) is 2.06. The standard InChI is InChI=1S/C13H25N3O.HI/c1-4-7-11-17-12-8-10-16-13(14-6-3)15-9-5-2;/h2H,4,6-12H2,1,3H3,(H2,14,15,16);1H. The van der Waals surface area contributed by atoms with E-state index in [0.29, 0.717) is 6.54 Å². The zero-order valence-electron chi connectivity index (χ0n) is 11.5. The van der Waals surface area contributed by atoms with E-state index in [1.165, 1.54) is 6.42 Å². The molecule has 0 amide bonds. The van der Waals surface area contributed by atoms with Crippen molar-refractivity contribution in [3.8, 4) is 12.3 Å². The summed E-state index contributed by atoms with van der Waals surface area (Å²) in [6.45, 7) is 7.91. The number of terminal acetylenes is 1. The average molecular weight is 367 g/mol. The molecule has 0 unspecified atom stereocenters. The number of ether oxygens (including phenoxy) is 1. The first-order valence-electron chi connectivity index (χ1n) is 6.38. The third-order valence-electron chi connectivity index (χ3n) is 2.06. The molecule has 4 nitrogen and oxygen atoms in total. The molecule has 0 aromatic carbocycles. The highest BCUT2D eigenvalue weighted by Crippen LogP contribution is 1.90. The van der Waals surface area contributed by atoms with Gasteiger partial charge >= 0.3 is 0 Å². The van der Waals surface area contributed by atoms with E-state index in [-0.39, 0.29) is 24.0 Å². The molecule has 0 spiro atoms. The molecule has 0 radical (unpaired) electrons. The van der Waals surface area contributed by atoms with E-state index in [1.54, 1.807) is 0 Å². The maximum absolute atomic E-state index is 5.45. The Hall–Kier alpha value is -0.480. The van der Waals surface area contributed by atoms with E-state index in [2.05, 4.69) is 28.5 Å². The lowest BCUT2D eigenvalue weighted by molar-refractivity contribution is 0.130. The maximum Gasteiger partial charge on any atom is 0.192 e. The Morgan fingerprint density at radius 2 is 1.94 bits per heavy atom. The molecule has 18 heavy (non-hydrogen) atoms. The molecule has 0 aromatic rings. The summed E-state index contributed by atoms with van der Waals surface area (Å²) in [6.07, 6.45) is 8.44. The van der Waals surface area contributed by atoms with E-state index in [0.717, 1.165) is 45.1 Å². The predicted octanol–water partition coefficient (Wildman–Crippen LogP) is 2.00. The van der Waals surface area contributed by atoms with Gasteiger partial charge in [-0.1, -0.05) is 19.3 Å². The summed E-state index contributed by atoms with van der Waals surface area (Å²) >= 11 is 0. The molecule has 0 aliphatic carbocycles. The van der Waals surface area contributed by atoms with Gasteiger partial charge in [0.1, 0.15) is 0 Å². The zero-order valence-corrected chi connectivity index (χ0v) is 13.8. The normalized spacial score (nSPS) is 10.4. The molecule has 0 rings (SSSR count). The lowest BCUT2D eigenvalue weighted by Gasteiger charge is -2.08. The van der Waals surface area contributed by atoms with Crippen molar-refractivity contribution in [2.45, 2.75) is 33.1 Å². The molecule has 0 bridgehead atoms. The van der Waals surface area contributed by atoms with Crippen LogP contribution in [0.1, 0.15) is 33.1 Å². The fourth-order valence-electron chi connectivity index (χ4n) is 1.18. The Morgan fingerprint density at radius 1 is 1.22 bits per heavy atom. The summed E-state index contributed by atoms with van der Waals surface area (Å²) in [6, 6.07) is 0. The van der Waals surface area contributed by atoms with Crippen molar-refractivity contribution in [2.75, 3.05) is 32.8 Å². The number of guanidine groups is 1. The molecular formula is C13H26IN3O. The minimum absolute atomic E-state index is 0. The number of aliphatic imine (C=N–C) groups is 1. The summed E-state index contributed by atoms with van der Waals surface area (Å²) in [5.74, 6) is 3.30. The Balaban J connectivity index is 0. The van der Waals surface area contributed by atoms with Crippen LogP contribution in [0.5, 0.6) is 0 Å². The van der Waals surface area contributed by atoms with E-state index in [4.69, 9.17) is 11.2 Å². The largest absolute Gasteiger partial charge is 0.381 e. The van der Waals surface area contributed by atoms with Crippen LogP contribution in [0.25, 0.3) is 0 Å². The molecule has 0 fully saturated rings. The van der Waals surface area contributed by atoms with E-state index < -0.39 is 0 Å². The van der Waals surface area contributed by atoms with E-state index >= 15 is 0 Å². The summed E-state index contributed by atoms with van der Waals surface area (Å²) in [7, 11) is 0. The van der Waals surface area contributed by atoms with Crippen molar-refractivity contribution in [3.05, 3.63) is 0 Å². The van der Waals surface area contributed by atoms with Crippen molar-refractivity contribution in [1.82, 2.24) is 10.6 Å². The van der Waals surface area contributed by atoms with Crippen molar-refractivity contribution < 1.29 is 4.74 Å². The van der Waals surface area contributed by atoms with Crippen molar-refractivity contribution in [3.63, 3.8) is 0 Å². The first kappa shape index (κ1) is 19.9. The molecule has 2 N–H and O–H groups in total. The monoisotopic (exact) mass is 367 g/mol. The molecule has 0 atom stereocenters. The highest BCUT2D eigenvalue weighted by atomic mass is 127. The molecule has 0 saturated heterocycles. The number of nitrogens with one attached hydrogen (secondary N) is 2. The highest BCUT2D eigenvalue weighted by molar-refractivity contribution is 14.0. The average Bonchev–Trinajstić information content (AvgIpc) is 2.34. The lowest BCUT2D eigenvalue weighted by atomic mass is 10.4. The second-order valence-corrected chi connectivity index (χ2v) is 3.64. The third kappa shape index (κ3) is 13.6. The number of halogens is 1. The first-order valence-corrected chi connectivity index (χ1v) is 6.38. The van der Waals surface area contributed by atoms with Gasteiger partial charge in [0.25, 0.3) is 0 Å². The van der Waals surface area contributed by atoms with Gasteiger partial charge < -0.3 is 15.4 Å². The van der Waals surface area contributed by atoms with Gasteiger partial charge in [0.15, 0.2) is 5.96 Å². The van der Waals surface area contributed by atoms with Gasteiger partial charge in [0.05, 0.1) is 6.54 Å². The van der Waals surface area contributed by atoms with Crippen molar-refractivity contribution >= 4 is 29.9 Å². The van der Waals surface area contributed by atoms with Crippen LogP contribution in [-0.2, 0) is 4.74 Å². The van der Waals surface area contributed by atoms with Gasteiger partial charge in [-0.2, -0.15) is 0 Å². The van der Waals surface area contributed by atoms with Crippen LogP contribution >= 0.6 is 24.0 Å². The Morgan fingerprint density at radius 3 is 2.56 bits per heavy atom. The Bertz CT molecular complexity index is 239. The van der Waals surface area contributed by atoms with E-state index in [9.17, 15) is 0 Å². The van der Waals surface area contributed by atoms with Gasteiger partial charge in [-0.05, 0) is 19.8 Å². The van der Waals surface area contributed by atoms with E-state index in [1.807, 2.05) is 6.92 Å². The number of hydrogen-bond donors (Lipinski definition) is 2. The van der Waals surface area contributed by atoms with Crippen LogP contribution in [-0.4, -0.2) is 38.8 Å². The van der Waals surface area contributed by atoms with Crippen molar-refractivity contribution in [2.24, 2.45) is 4.99 Å². The zero-order chi connectivity index (χ0) is 12.8. The molecule has 0 aliphatic heterocycles. The minimum atomic E-state index is 0. The van der Waals surface area contributed by atoms with Gasteiger partial charge in [-0.15, -0.1) is 30.4 Å². The molecule has 106 valence electrons. The van der Waals surface area contributed by atoms with Gasteiger partial charge in [0, 0.05) is 26.3 Å². The topological polar surface area (TPSA) is 45.7 Å². The Labute approximate surface area is 128 Å². The number of rotatable bonds is 9. The lowest BCUT2D eigenvalue weighted by Crippen LogP contribution is -2.37. The van der Waals surface area contributed by atoms with Crippen LogP contribution in [0.4, 0.5) is 0 Å². The molecule has 0 aliphatic rings. The fraction of sp³-hybridized carbons (Fsp3) is 0.769. The maximum atomic E-state index is 5.45. The summed E-state index contributed by atoms with van der Waals surface area (Å²) < 4.78 is 5.45. The predicted molar refractivity (Wildman–Crippen MR) is 88.6 cm³/mol. The summed E-state index contributed by atoms with van der Waals surface area (Å²) in [4.78, 5) is 4.39. The quantitative estimate of drug-likeness (QED) is 0.215. The number of nitrogens with zero attached hydrogens (tertiary/aromatic N) is 1. The summed E-state index contributed by atoms with van der Waals surface area (Å²) in [5.41, 5.74) is 0. The van der Waals surface area contributed by atoms with Crippen LogP contribution in [0.2, 0.25) is 0 Å². The summed E-state index contributed by atoms with van der Waals surface area (Å²) in [5, 5.41) is 6.17. The molecule has 0 aromatic heterocycles. The second kappa shape index (κ2) is 16.5. The van der Waals surface area contributed by atoms with Crippen LogP contribution < -0.4 is 10.6 Å². The Kier molecular flexibility index (Phi) is 18.2. The van der Waals surface area contributed by atoms with Crippen LogP contribution in [0, 0.1) is 12.3 Å².